The minimum absolute atomic E-state index is 0.00449. The first-order valence-corrected chi connectivity index (χ1v) is 9.70. The van der Waals surface area contributed by atoms with Crippen LogP contribution >= 0.6 is 11.6 Å². The average molecular weight is 371 g/mol. The Kier molecular flexibility index (Phi) is 4.91. The molecule has 0 amide bonds. The number of hydrogen-bond acceptors (Lipinski definition) is 6. The summed E-state index contributed by atoms with van der Waals surface area (Å²) in [7, 11) is -3.46. The lowest BCUT2D eigenvalue weighted by molar-refractivity contribution is 0.281. The Bertz CT molecular complexity index is 806. The maximum atomic E-state index is 11.3. The molecular formula is C15H19ClN4O3S. The van der Waals surface area contributed by atoms with E-state index in [1.807, 2.05) is 19.1 Å². The van der Waals surface area contributed by atoms with Crippen molar-refractivity contribution in [2.75, 3.05) is 18.8 Å². The maximum absolute atomic E-state index is 11.3. The largest absolute Gasteiger partial charge is 0.419 e. The van der Waals surface area contributed by atoms with Gasteiger partial charge in [-0.1, -0.05) is 18.5 Å². The molecule has 2 N–H and O–H groups in total. The summed E-state index contributed by atoms with van der Waals surface area (Å²) in [6, 6.07) is 7.17. The van der Waals surface area contributed by atoms with Crippen LogP contribution < -0.4 is 5.14 Å². The Labute approximate surface area is 145 Å². The highest BCUT2D eigenvalue weighted by Crippen LogP contribution is 2.26. The third-order valence-corrected chi connectivity index (χ3v) is 5.35. The molecule has 24 heavy (non-hydrogen) atoms. The molecule has 1 aromatic heterocycles. The summed E-state index contributed by atoms with van der Waals surface area (Å²) in [5.74, 6) is 1.23. The maximum Gasteiger partial charge on any atom is 0.247 e. The second kappa shape index (κ2) is 6.79. The Hall–Kier alpha value is -1.48. The molecule has 3 rings (SSSR count). The van der Waals surface area contributed by atoms with Gasteiger partial charge in [-0.05, 0) is 36.1 Å². The van der Waals surface area contributed by atoms with Crippen molar-refractivity contribution in [3.8, 4) is 11.5 Å². The summed E-state index contributed by atoms with van der Waals surface area (Å²) < 4.78 is 28.3. The molecule has 2 atom stereocenters. The number of rotatable bonds is 5. The van der Waals surface area contributed by atoms with Crippen LogP contribution in [0.5, 0.6) is 0 Å². The Morgan fingerprint density at radius 3 is 2.67 bits per heavy atom. The van der Waals surface area contributed by atoms with Crippen molar-refractivity contribution >= 4 is 21.6 Å². The molecule has 2 aromatic rings. The highest BCUT2D eigenvalue weighted by molar-refractivity contribution is 7.89. The van der Waals surface area contributed by atoms with E-state index < -0.39 is 10.0 Å². The second-order valence-corrected chi connectivity index (χ2v) is 8.36. The van der Waals surface area contributed by atoms with Crippen molar-refractivity contribution < 1.29 is 12.8 Å². The molecule has 0 aliphatic carbocycles. The van der Waals surface area contributed by atoms with E-state index in [2.05, 4.69) is 15.1 Å². The minimum atomic E-state index is -3.46. The smallest absolute Gasteiger partial charge is 0.247 e. The third-order valence-electron chi connectivity index (χ3n) is 4.21. The molecule has 2 heterocycles. The number of nitrogens with zero attached hydrogens (tertiary/aromatic N) is 3. The lowest BCUT2D eigenvalue weighted by Gasteiger charge is -2.13. The summed E-state index contributed by atoms with van der Waals surface area (Å²) >= 11 is 5.87. The zero-order valence-corrected chi connectivity index (χ0v) is 14.8. The first-order chi connectivity index (χ1) is 11.3. The van der Waals surface area contributed by atoms with E-state index in [1.54, 1.807) is 12.1 Å². The fourth-order valence-electron chi connectivity index (χ4n) is 3.00. The summed E-state index contributed by atoms with van der Waals surface area (Å²) in [6.07, 6.45) is 0. The standard InChI is InChI=1S/C15H19ClN4O3S/c1-10-6-20(7-12(10)9-24(17,21)22)8-14-18-19-15(23-14)11-2-4-13(16)5-3-11/h2-5,10,12H,6-9H2,1H3,(H2,17,21,22)/t10-,12+/m1/s1. The van der Waals surface area contributed by atoms with Gasteiger partial charge in [0.1, 0.15) is 0 Å². The van der Waals surface area contributed by atoms with Crippen molar-refractivity contribution in [1.29, 1.82) is 0 Å². The predicted molar refractivity (Wildman–Crippen MR) is 90.6 cm³/mol. The Morgan fingerprint density at radius 2 is 2.00 bits per heavy atom. The van der Waals surface area contributed by atoms with Crippen LogP contribution in [0, 0.1) is 11.8 Å². The van der Waals surface area contributed by atoms with Crippen LogP contribution in [0.2, 0.25) is 5.02 Å². The summed E-state index contributed by atoms with van der Waals surface area (Å²) in [5, 5.41) is 13.9. The zero-order chi connectivity index (χ0) is 17.3. The molecule has 7 nitrogen and oxygen atoms in total. The van der Waals surface area contributed by atoms with E-state index in [0.717, 1.165) is 12.1 Å². The van der Waals surface area contributed by atoms with Gasteiger partial charge in [-0.15, -0.1) is 10.2 Å². The van der Waals surface area contributed by atoms with Crippen LogP contribution in [0.3, 0.4) is 0 Å². The van der Waals surface area contributed by atoms with Crippen molar-refractivity contribution in [2.24, 2.45) is 17.0 Å². The van der Waals surface area contributed by atoms with Gasteiger partial charge in [0.15, 0.2) is 0 Å². The molecule has 1 aromatic carbocycles. The molecule has 130 valence electrons. The van der Waals surface area contributed by atoms with E-state index in [9.17, 15) is 8.42 Å². The van der Waals surface area contributed by atoms with E-state index in [-0.39, 0.29) is 17.6 Å². The number of sulfonamides is 1. The number of likely N-dealkylation sites (tertiary alicyclic amines) is 1. The fraction of sp³-hybridized carbons (Fsp3) is 0.467. The van der Waals surface area contributed by atoms with Gasteiger partial charge in [0, 0.05) is 23.7 Å². The van der Waals surface area contributed by atoms with Crippen LogP contribution in [-0.2, 0) is 16.6 Å². The lowest BCUT2D eigenvalue weighted by Crippen LogP contribution is -2.27. The van der Waals surface area contributed by atoms with Gasteiger partial charge in [-0.25, -0.2) is 13.6 Å². The molecule has 0 spiro atoms. The van der Waals surface area contributed by atoms with Gasteiger partial charge < -0.3 is 4.42 Å². The highest BCUT2D eigenvalue weighted by atomic mass is 35.5. The molecular weight excluding hydrogens is 352 g/mol. The van der Waals surface area contributed by atoms with Gasteiger partial charge in [-0.3, -0.25) is 4.90 Å². The number of nitrogens with two attached hydrogens (primary N) is 1. The van der Waals surface area contributed by atoms with Crippen LogP contribution in [-0.4, -0.2) is 42.4 Å². The summed E-state index contributed by atoms with van der Waals surface area (Å²) in [6.45, 7) is 3.95. The van der Waals surface area contributed by atoms with Crippen LogP contribution in [0.25, 0.3) is 11.5 Å². The van der Waals surface area contributed by atoms with Crippen molar-refractivity contribution in [2.45, 2.75) is 13.5 Å². The van der Waals surface area contributed by atoms with Gasteiger partial charge in [0.05, 0.1) is 12.3 Å². The average Bonchev–Trinajstić information content (AvgIpc) is 3.06. The normalized spacial score (nSPS) is 22.1. The van der Waals surface area contributed by atoms with Gasteiger partial charge >= 0.3 is 0 Å². The summed E-state index contributed by atoms with van der Waals surface area (Å²) in [5.41, 5.74) is 0.806. The lowest BCUT2D eigenvalue weighted by atomic mass is 10.0. The third kappa shape index (κ3) is 4.32. The van der Waals surface area contributed by atoms with Crippen LogP contribution in [0.4, 0.5) is 0 Å². The molecule has 1 fully saturated rings. The molecule has 1 aliphatic rings. The van der Waals surface area contributed by atoms with Crippen molar-refractivity contribution in [3.63, 3.8) is 0 Å². The van der Waals surface area contributed by atoms with E-state index in [4.69, 9.17) is 21.2 Å². The minimum Gasteiger partial charge on any atom is -0.419 e. The number of aromatic nitrogens is 2. The number of hydrogen-bond donors (Lipinski definition) is 1. The first kappa shape index (κ1) is 17.3. The molecule has 1 aliphatic heterocycles. The predicted octanol–water partition coefficient (Wildman–Crippen LogP) is 1.75. The second-order valence-electron chi connectivity index (χ2n) is 6.27. The van der Waals surface area contributed by atoms with E-state index >= 15 is 0 Å². The quantitative estimate of drug-likeness (QED) is 0.860. The number of primary sulfonamides is 1. The Balaban J connectivity index is 1.64. The zero-order valence-electron chi connectivity index (χ0n) is 13.2. The number of halogens is 1. The molecule has 0 bridgehead atoms. The van der Waals surface area contributed by atoms with Gasteiger partial charge in [0.2, 0.25) is 21.8 Å². The molecule has 0 radical (unpaired) electrons. The van der Waals surface area contributed by atoms with Crippen LogP contribution in [0.1, 0.15) is 12.8 Å². The topological polar surface area (TPSA) is 102 Å². The molecule has 9 heteroatoms. The van der Waals surface area contributed by atoms with Crippen molar-refractivity contribution in [3.05, 3.63) is 35.2 Å². The molecule has 0 saturated carbocycles. The first-order valence-electron chi connectivity index (χ1n) is 7.61. The van der Waals surface area contributed by atoms with Crippen LogP contribution in [0.15, 0.2) is 28.7 Å². The van der Waals surface area contributed by atoms with E-state index in [0.29, 0.717) is 29.9 Å². The molecule has 0 unspecified atom stereocenters. The molecule has 1 saturated heterocycles. The fourth-order valence-corrected chi connectivity index (χ4v) is 4.16. The monoisotopic (exact) mass is 370 g/mol. The van der Waals surface area contributed by atoms with Gasteiger partial charge in [-0.2, -0.15) is 0 Å². The SMILES string of the molecule is C[C@@H]1CN(Cc2nnc(-c3ccc(Cl)cc3)o2)C[C@H]1CS(N)(=O)=O. The van der Waals surface area contributed by atoms with E-state index in [1.165, 1.54) is 0 Å². The van der Waals surface area contributed by atoms with Gasteiger partial charge in [0.25, 0.3) is 0 Å². The van der Waals surface area contributed by atoms with Crippen molar-refractivity contribution in [1.82, 2.24) is 15.1 Å². The summed E-state index contributed by atoms with van der Waals surface area (Å²) in [4.78, 5) is 2.11. The Morgan fingerprint density at radius 1 is 1.29 bits per heavy atom. The highest BCUT2D eigenvalue weighted by Gasteiger charge is 2.32. The number of benzene rings is 1.